The van der Waals surface area contributed by atoms with E-state index < -0.39 is 0 Å². The van der Waals surface area contributed by atoms with Gasteiger partial charge in [0, 0.05) is 13.2 Å². The molecule has 0 aliphatic heterocycles. The monoisotopic (exact) mass is 348 g/mol. The van der Waals surface area contributed by atoms with Gasteiger partial charge in [-0.1, -0.05) is 65.2 Å². The number of hydrogen-bond donors (Lipinski definition) is 4. The molecule has 0 saturated carbocycles. The maximum Gasteiger partial charge on any atom is 0.0541 e. The van der Waals surface area contributed by atoms with Crippen molar-refractivity contribution in [1.82, 2.24) is 0 Å². The van der Waals surface area contributed by atoms with Crippen molar-refractivity contribution in [2.24, 2.45) is 0 Å². The van der Waals surface area contributed by atoms with Crippen molar-refractivity contribution in [3.63, 3.8) is 0 Å². The van der Waals surface area contributed by atoms with Crippen molar-refractivity contribution in [3.8, 4) is 0 Å². The minimum Gasteiger partial charge on any atom is -0.396 e. The van der Waals surface area contributed by atoms with Crippen LogP contribution in [0.5, 0.6) is 0 Å². The Balaban J connectivity index is 0. The van der Waals surface area contributed by atoms with E-state index in [1.54, 1.807) is 0 Å². The lowest BCUT2D eigenvalue weighted by Gasteiger charge is -2.08. The molecular weight excluding hydrogens is 304 g/mol. The fourth-order valence-corrected chi connectivity index (χ4v) is 2.56. The molecule has 0 aliphatic rings. The van der Waals surface area contributed by atoms with Crippen molar-refractivity contribution in [1.29, 1.82) is 0 Å². The minimum atomic E-state index is -0.186. The molecule has 148 valence electrons. The smallest absolute Gasteiger partial charge is 0.0541 e. The number of rotatable bonds is 16. The largest absolute Gasteiger partial charge is 0.396 e. The fraction of sp³-hybridized carbons (Fsp3) is 1.00. The maximum atomic E-state index is 9.37. The molecule has 0 aromatic carbocycles. The molecule has 24 heavy (non-hydrogen) atoms. The number of aliphatic hydroxyl groups is 4. The van der Waals surface area contributed by atoms with Gasteiger partial charge in [0.15, 0.2) is 0 Å². The zero-order valence-corrected chi connectivity index (χ0v) is 16.3. The highest BCUT2D eigenvalue weighted by Gasteiger charge is 2.02. The fourth-order valence-electron chi connectivity index (χ4n) is 2.56. The van der Waals surface area contributed by atoms with E-state index >= 15 is 0 Å². The van der Waals surface area contributed by atoms with E-state index in [9.17, 15) is 10.2 Å². The summed E-state index contributed by atoms with van der Waals surface area (Å²) in [7, 11) is 0. The van der Waals surface area contributed by atoms with Crippen molar-refractivity contribution in [2.75, 3.05) is 13.2 Å². The normalized spacial score (nSPS) is 13.2. The molecule has 4 nitrogen and oxygen atoms in total. The molecule has 0 aromatic rings. The molecular formula is C20H44O4. The van der Waals surface area contributed by atoms with Crippen LogP contribution in [0, 0.1) is 0 Å². The van der Waals surface area contributed by atoms with Crippen LogP contribution >= 0.6 is 0 Å². The maximum absolute atomic E-state index is 9.37. The van der Waals surface area contributed by atoms with Crippen LogP contribution < -0.4 is 0 Å². The van der Waals surface area contributed by atoms with Crippen LogP contribution in [0.15, 0.2) is 0 Å². The first kappa shape index (κ1) is 26.1. The average molecular weight is 349 g/mol. The molecule has 0 spiro atoms. The second-order valence-electron chi connectivity index (χ2n) is 6.74. The summed E-state index contributed by atoms with van der Waals surface area (Å²) in [6.07, 6.45) is 14.1. The Morgan fingerprint density at radius 2 is 0.833 bits per heavy atom. The Bertz CT molecular complexity index is 190. The topological polar surface area (TPSA) is 80.9 Å². The van der Waals surface area contributed by atoms with Gasteiger partial charge in [-0.2, -0.15) is 0 Å². The molecule has 0 saturated heterocycles. The lowest BCUT2D eigenvalue weighted by Crippen LogP contribution is -2.06. The molecule has 4 N–H and O–H groups in total. The van der Waals surface area contributed by atoms with Gasteiger partial charge in [-0.05, 0) is 38.5 Å². The summed E-state index contributed by atoms with van der Waals surface area (Å²) >= 11 is 0. The van der Waals surface area contributed by atoms with Crippen LogP contribution in [0.25, 0.3) is 0 Å². The van der Waals surface area contributed by atoms with Gasteiger partial charge in [-0.3, -0.25) is 0 Å². The standard InChI is InChI=1S/2C10H22O2/c2*1-2-3-4-5-7-10(12)8-6-9-11/h2*10-12H,2-9H2,1H3. The molecule has 0 rings (SSSR count). The van der Waals surface area contributed by atoms with Gasteiger partial charge in [0.1, 0.15) is 0 Å². The van der Waals surface area contributed by atoms with Crippen molar-refractivity contribution < 1.29 is 20.4 Å². The van der Waals surface area contributed by atoms with Crippen molar-refractivity contribution in [3.05, 3.63) is 0 Å². The van der Waals surface area contributed by atoms with E-state index in [0.717, 1.165) is 51.4 Å². The SMILES string of the molecule is CCCCCCC(O)CCCO.CCCCCCC(O)CCCO. The van der Waals surface area contributed by atoms with E-state index in [2.05, 4.69) is 13.8 Å². The molecule has 4 heteroatoms. The molecule has 0 amide bonds. The minimum absolute atomic E-state index is 0.186. The first-order valence-electron chi connectivity index (χ1n) is 10.2. The summed E-state index contributed by atoms with van der Waals surface area (Å²) in [5.74, 6) is 0. The molecule has 2 atom stereocenters. The Morgan fingerprint density at radius 3 is 1.12 bits per heavy atom. The van der Waals surface area contributed by atoms with Crippen LogP contribution in [0.4, 0.5) is 0 Å². The Kier molecular flexibility index (Phi) is 24.8. The van der Waals surface area contributed by atoms with E-state index in [0.29, 0.717) is 0 Å². The van der Waals surface area contributed by atoms with Gasteiger partial charge in [0.25, 0.3) is 0 Å². The van der Waals surface area contributed by atoms with Gasteiger partial charge in [-0.15, -0.1) is 0 Å². The second-order valence-corrected chi connectivity index (χ2v) is 6.74. The van der Waals surface area contributed by atoms with Crippen molar-refractivity contribution >= 4 is 0 Å². The summed E-state index contributed by atoms with van der Waals surface area (Å²) < 4.78 is 0. The summed E-state index contributed by atoms with van der Waals surface area (Å²) in [4.78, 5) is 0. The molecule has 0 bridgehead atoms. The van der Waals surface area contributed by atoms with Crippen LogP contribution in [0.2, 0.25) is 0 Å². The highest BCUT2D eigenvalue weighted by molar-refractivity contribution is 4.56. The first-order valence-corrected chi connectivity index (χ1v) is 10.2. The number of unbranched alkanes of at least 4 members (excludes halogenated alkanes) is 6. The Hall–Kier alpha value is -0.160. The molecule has 0 heterocycles. The van der Waals surface area contributed by atoms with Crippen molar-refractivity contribution in [2.45, 2.75) is 116 Å². The van der Waals surface area contributed by atoms with Gasteiger partial charge in [0.2, 0.25) is 0 Å². The van der Waals surface area contributed by atoms with Gasteiger partial charge < -0.3 is 20.4 Å². The molecule has 0 fully saturated rings. The zero-order chi connectivity index (χ0) is 18.5. The number of aliphatic hydroxyl groups excluding tert-OH is 4. The van der Waals surface area contributed by atoms with Gasteiger partial charge in [-0.25, -0.2) is 0 Å². The number of hydrogen-bond acceptors (Lipinski definition) is 4. The molecule has 0 radical (unpaired) electrons. The first-order chi connectivity index (χ1) is 11.6. The second kappa shape index (κ2) is 22.8. The third-order valence-corrected chi connectivity index (χ3v) is 4.17. The summed E-state index contributed by atoms with van der Waals surface area (Å²) in [6.45, 7) is 4.77. The third-order valence-electron chi connectivity index (χ3n) is 4.17. The Labute approximate surface area is 150 Å². The van der Waals surface area contributed by atoms with Crippen LogP contribution in [-0.2, 0) is 0 Å². The molecule has 2 unspecified atom stereocenters. The average Bonchev–Trinajstić information content (AvgIpc) is 2.59. The summed E-state index contributed by atoms with van der Waals surface area (Å²) in [6, 6.07) is 0. The van der Waals surface area contributed by atoms with Gasteiger partial charge >= 0.3 is 0 Å². The van der Waals surface area contributed by atoms with Gasteiger partial charge in [0.05, 0.1) is 12.2 Å². The predicted molar refractivity (Wildman–Crippen MR) is 102 cm³/mol. The summed E-state index contributed by atoms with van der Waals surface area (Å²) in [5, 5.41) is 35.8. The Morgan fingerprint density at radius 1 is 0.500 bits per heavy atom. The van der Waals surface area contributed by atoms with E-state index in [-0.39, 0.29) is 25.4 Å². The molecule has 0 aliphatic carbocycles. The summed E-state index contributed by atoms with van der Waals surface area (Å²) in [5.41, 5.74) is 0. The zero-order valence-electron chi connectivity index (χ0n) is 16.3. The lowest BCUT2D eigenvalue weighted by molar-refractivity contribution is 0.137. The predicted octanol–water partition coefficient (Wildman–Crippen LogP) is 4.18. The highest BCUT2D eigenvalue weighted by Crippen LogP contribution is 2.09. The lowest BCUT2D eigenvalue weighted by atomic mass is 10.1. The van der Waals surface area contributed by atoms with E-state index in [1.165, 1.54) is 38.5 Å². The quantitative estimate of drug-likeness (QED) is 0.315. The van der Waals surface area contributed by atoms with Crippen LogP contribution in [-0.4, -0.2) is 45.8 Å². The molecule has 0 aromatic heterocycles. The highest BCUT2D eigenvalue weighted by atomic mass is 16.3. The van der Waals surface area contributed by atoms with E-state index in [4.69, 9.17) is 10.2 Å². The van der Waals surface area contributed by atoms with Crippen LogP contribution in [0.1, 0.15) is 104 Å². The van der Waals surface area contributed by atoms with Crippen LogP contribution in [0.3, 0.4) is 0 Å². The van der Waals surface area contributed by atoms with E-state index in [1.807, 2.05) is 0 Å². The third kappa shape index (κ3) is 24.1.